The Labute approximate surface area is 102 Å². The minimum Gasteiger partial charge on any atom is -0.506 e. The third-order valence-corrected chi connectivity index (χ3v) is 2.89. The minimum absolute atomic E-state index is 0.0371. The van der Waals surface area contributed by atoms with Crippen LogP contribution in [0, 0.1) is 0 Å². The van der Waals surface area contributed by atoms with Gasteiger partial charge in [-0.2, -0.15) is 0 Å². The summed E-state index contributed by atoms with van der Waals surface area (Å²) in [5.41, 5.74) is 1.49. The van der Waals surface area contributed by atoms with Crippen LogP contribution >= 0.6 is 0 Å². The van der Waals surface area contributed by atoms with Crippen molar-refractivity contribution in [2.75, 3.05) is 7.11 Å². The van der Waals surface area contributed by atoms with E-state index in [1.807, 2.05) is 24.3 Å². The predicted octanol–water partition coefficient (Wildman–Crippen LogP) is 2.21. The molecular formula is C13H10N2O3. The van der Waals surface area contributed by atoms with Gasteiger partial charge < -0.3 is 14.8 Å². The quantitative estimate of drug-likeness (QED) is 0.641. The number of carbonyl (C=O) groups is 1. The number of aromatic nitrogens is 2. The van der Waals surface area contributed by atoms with Gasteiger partial charge in [-0.25, -0.2) is 9.78 Å². The lowest BCUT2D eigenvalue weighted by atomic mass is 10.1. The Kier molecular flexibility index (Phi) is 2.19. The number of pyridine rings is 1. The van der Waals surface area contributed by atoms with Gasteiger partial charge in [-0.3, -0.25) is 0 Å². The SMILES string of the molecule is COC(=O)c1ncc(O)c2c1[nH]c1ccccc12. The summed E-state index contributed by atoms with van der Waals surface area (Å²) >= 11 is 0. The van der Waals surface area contributed by atoms with Crippen molar-refractivity contribution in [3.63, 3.8) is 0 Å². The number of fused-ring (bicyclic) bond motifs is 3. The maximum atomic E-state index is 11.6. The number of esters is 1. The molecule has 90 valence electrons. The second kappa shape index (κ2) is 3.73. The molecule has 2 aromatic heterocycles. The maximum absolute atomic E-state index is 11.6. The number of ether oxygens (including phenoxy) is 1. The first-order valence-electron chi connectivity index (χ1n) is 5.39. The lowest BCUT2D eigenvalue weighted by Gasteiger charge is -2.01. The van der Waals surface area contributed by atoms with Crippen molar-refractivity contribution in [1.82, 2.24) is 9.97 Å². The van der Waals surface area contributed by atoms with Gasteiger partial charge in [0, 0.05) is 10.9 Å². The summed E-state index contributed by atoms with van der Waals surface area (Å²) < 4.78 is 4.68. The molecule has 0 saturated heterocycles. The molecule has 0 saturated carbocycles. The topological polar surface area (TPSA) is 75.2 Å². The zero-order valence-corrected chi connectivity index (χ0v) is 9.60. The molecule has 1 aromatic carbocycles. The molecule has 0 aliphatic rings. The normalized spacial score (nSPS) is 10.9. The van der Waals surface area contributed by atoms with E-state index in [2.05, 4.69) is 14.7 Å². The molecule has 0 aliphatic carbocycles. The number of benzene rings is 1. The Bertz CT molecular complexity index is 761. The van der Waals surface area contributed by atoms with Crippen LogP contribution < -0.4 is 0 Å². The molecule has 0 spiro atoms. The van der Waals surface area contributed by atoms with Crippen molar-refractivity contribution >= 4 is 27.8 Å². The molecule has 2 N–H and O–H groups in total. The molecule has 3 aromatic rings. The van der Waals surface area contributed by atoms with Gasteiger partial charge in [0.05, 0.1) is 24.2 Å². The fourth-order valence-electron chi connectivity index (χ4n) is 2.09. The van der Waals surface area contributed by atoms with Crippen LogP contribution in [-0.4, -0.2) is 28.2 Å². The second-order valence-electron chi connectivity index (χ2n) is 3.90. The van der Waals surface area contributed by atoms with Crippen LogP contribution in [0.5, 0.6) is 5.75 Å². The van der Waals surface area contributed by atoms with E-state index >= 15 is 0 Å². The highest BCUT2D eigenvalue weighted by molar-refractivity contribution is 6.15. The Hall–Kier alpha value is -2.56. The van der Waals surface area contributed by atoms with E-state index in [1.165, 1.54) is 13.3 Å². The van der Waals surface area contributed by atoms with Gasteiger partial charge in [0.1, 0.15) is 5.75 Å². The van der Waals surface area contributed by atoms with E-state index in [9.17, 15) is 9.90 Å². The van der Waals surface area contributed by atoms with Crippen LogP contribution in [0.15, 0.2) is 30.5 Å². The summed E-state index contributed by atoms with van der Waals surface area (Å²) in [5.74, 6) is -0.498. The van der Waals surface area contributed by atoms with Gasteiger partial charge >= 0.3 is 5.97 Å². The van der Waals surface area contributed by atoms with E-state index in [-0.39, 0.29) is 11.4 Å². The van der Waals surface area contributed by atoms with Gasteiger partial charge in [0.2, 0.25) is 0 Å². The lowest BCUT2D eigenvalue weighted by Crippen LogP contribution is -2.04. The van der Waals surface area contributed by atoms with Crippen molar-refractivity contribution in [3.8, 4) is 5.75 Å². The molecule has 2 heterocycles. The average Bonchev–Trinajstić information content (AvgIpc) is 2.78. The summed E-state index contributed by atoms with van der Waals surface area (Å²) in [6.45, 7) is 0. The summed E-state index contributed by atoms with van der Waals surface area (Å²) in [7, 11) is 1.30. The number of hydrogen-bond acceptors (Lipinski definition) is 4. The third-order valence-electron chi connectivity index (χ3n) is 2.89. The summed E-state index contributed by atoms with van der Waals surface area (Å²) in [6.07, 6.45) is 1.26. The van der Waals surface area contributed by atoms with Gasteiger partial charge in [-0.15, -0.1) is 0 Å². The van der Waals surface area contributed by atoms with Crippen molar-refractivity contribution in [2.24, 2.45) is 0 Å². The number of nitrogens with one attached hydrogen (secondary N) is 1. The zero-order chi connectivity index (χ0) is 12.7. The maximum Gasteiger partial charge on any atom is 0.358 e. The van der Waals surface area contributed by atoms with E-state index in [1.54, 1.807) is 0 Å². The van der Waals surface area contributed by atoms with Crippen LogP contribution in [0.1, 0.15) is 10.5 Å². The van der Waals surface area contributed by atoms with E-state index < -0.39 is 5.97 Å². The lowest BCUT2D eigenvalue weighted by molar-refractivity contribution is 0.0596. The number of nitrogens with zero attached hydrogens (tertiary/aromatic N) is 1. The van der Waals surface area contributed by atoms with Crippen molar-refractivity contribution < 1.29 is 14.6 Å². The van der Waals surface area contributed by atoms with E-state index in [0.29, 0.717) is 10.9 Å². The number of aromatic hydroxyl groups is 1. The van der Waals surface area contributed by atoms with Crippen LogP contribution in [0.2, 0.25) is 0 Å². The van der Waals surface area contributed by atoms with Crippen molar-refractivity contribution in [2.45, 2.75) is 0 Å². The molecule has 0 fully saturated rings. The molecule has 0 radical (unpaired) electrons. The molecule has 0 amide bonds. The van der Waals surface area contributed by atoms with Crippen LogP contribution in [0.25, 0.3) is 21.8 Å². The molecule has 0 aliphatic heterocycles. The van der Waals surface area contributed by atoms with Crippen molar-refractivity contribution in [3.05, 3.63) is 36.2 Å². The highest BCUT2D eigenvalue weighted by atomic mass is 16.5. The highest BCUT2D eigenvalue weighted by Gasteiger charge is 2.18. The van der Waals surface area contributed by atoms with Crippen molar-refractivity contribution in [1.29, 1.82) is 0 Å². The van der Waals surface area contributed by atoms with Gasteiger partial charge in [-0.1, -0.05) is 18.2 Å². The van der Waals surface area contributed by atoms with Gasteiger partial charge in [-0.05, 0) is 6.07 Å². The number of H-pyrrole nitrogens is 1. The second-order valence-corrected chi connectivity index (χ2v) is 3.90. The Morgan fingerprint density at radius 3 is 2.94 bits per heavy atom. The Balaban J connectivity index is 2.49. The molecule has 3 rings (SSSR count). The molecule has 0 atom stereocenters. The molecule has 18 heavy (non-hydrogen) atoms. The molecule has 0 bridgehead atoms. The number of aromatic amines is 1. The number of rotatable bonds is 1. The summed E-state index contributed by atoms with van der Waals surface area (Å²) in [4.78, 5) is 18.6. The number of carbonyl (C=O) groups excluding carboxylic acids is 1. The summed E-state index contributed by atoms with van der Waals surface area (Å²) in [6, 6.07) is 7.48. The third kappa shape index (κ3) is 1.34. The molecule has 5 nitrogen and oxygen atoms in total. The largest absolute Gasteiger partial charge is 0.506 e. The minimum atomic E-state index is -0.536. The first-order chi connectivity index (χ1) is 8.72. The Morgan fingerprint density at radius 2 is 2.17 bits per heavy atom. The molecule has 5 heteroatoms. The molecule has 0 unspecified atom stereocenters. The number of para-hydroxylation sites is 1. The highest BCUT2D eigenvalue weighted by Crippen LogP contribution is 2.33. The van der Waals surface area contributed by atoms with Gasteiger partial charge in [0.15, 0.2) is 5.69 Å². The number of hydrogen-bond donors (Lipinski definition) is 2. The van der Waals surface area contributed by atoms with E-state index in [4.69, 9.17) is 0 Å². The monoisotopic (exact) mass is 242 g/mol. The average molecular weight is 242 g/mol. The first kappa shape index (κ1) is 10.6. The zero-order valence-electron chi connectivity index (χ0n) is 9.60. The first-order valence-corrected chi connectivity index (χ1v) is 5.39. The van der Waals surface area contributed by atoms with Crippen LogP contribution in [0.3, 0.4) is 0 Å². The van der Waals surface area contributed by atoms with Crippen LogP contribution in [0.4, 0.5) is 0 Å². The predicted molar refractivity (Wildman–Crippen MR) is 66.6 cm³/mol. The Morgan fingerprint density at radius 1 is 1.39 bits per heavy atom. The number of methoxy groups -OCH3 is 1. The smallest absolute Gasteiger partial charge is 0.358 e. The van der Waals surface area contributed by atoms with E-state index in [0.717, 1.165) is 10.9 Å². The molecular weight excluding hydrogens is 232 g/mol. The summed E-state index contributed by atoms with van der Waals surface area (Å²) in [5, 5.41) is 11.3. The van der Waals surface area contributed by atoms with Crippen LogP contribution in [-0.2, 0) is 4.74 Å². The standard InChI is InChI=1S/C13H10N2O3/c1-18-13(17)12-11-10(9(16)6-14-12)7-4-2-3-5-8(7)15-11/h2-6,15-16H,1H3. The fourth-order valence-corrected chi connectivity index (χ4v) is 2.09. The van der Waals surface area contributed by atoms with Gasteiger partial charge in [0.25, 0.3) is 0 Å². The fraction of sp³-hybridized carbons (Fsp3) is 0.0769.